The van der Waals surface area contributed by atoms with Crippen molar-refractivity contribution in [3.05, 3.63) is 61.2 Å². The summed E-state index contributed by atoms with van der Waals surface area (Å²) in [5.41, 5.74) is 5.73. The lowest BCUT2D eigenvalue weighted by molar-refractivity contribution is -0.137. The highest BCUT2D eigenvalue weighted by molar-refractivity contribution is 8.13. The number of sulfonamides is 1. The number of nitrogens with two attached hydrogens (primary N) is 1. The summed E-state index contributed by atoms with van der Waals surface area (Å²) in [6.07, 6.45) is -7.48. The second-order valence-corrected chi connectivity index (χ2v) is 23.7. The van der Waals surface area contributed by atoms with Crippen LogP contribution in [-0.2, 0) is 65.5 Å². The van der Waals surface area contributed by atoms with Crippen LogP contribution < -0.4 is 25.8 Å². The predicted octanol–water partition coefficient (Wildman–Crippen LogP) is 0.727. The van der Waals surface area contributed by atoms with E-state index in [1.165, 1.54) is 33.1 Å². The quantitative estimate of drug-likeness (QED) is 0.0223. The Labute approximate surface area is 433 Å². The van der Waals surface area contributed by atoms with Gasteiger partial charge in [-0.3, -0.25) is 32.5 Å². The highest BCUT2D eigenvalue weighted by Crippen LogP contribution is 2.61. The molecular formula is C41H55N8O21P3S2. The Hall–Kier alpha value is -4.77. The molecule has 0 saturated carbocycles. The Balaban J connectivity index is 1.04. The number of amides is 2. The first-order valence-corrected chi connectivity index (χ1v) is 28.9. The maximum atomic E-state index is 13.4. The molecule has 1 saturated heterocycles. The van der Waals surface area contributed by atoms with Gasteiger partial charge in [0.25, 0.3) is 0 Å². The van der Waals surface area contributed by atoms with E-state index in [4.69, 9.17) is 29.0 Å². The summed E-state index contributed by atoms with van der Waals surface area (Å²) in [5.74, 6) is 4.39. The summed E-state index contributed by atoms with van der Waals surface area (Å²) >= 11 is 0.744. The Bertz CT molecular complexity index is 2960. The minimum absolute atomic E-state index is 0.00971. The van der Waals surface area contributed by atoms with Gasteiger partial charge in [0, 0.05) is 44.2 Å². The van der Waals surface area contributed by atoms with E-state index in [9.17, 15) is 66.3 Å². The molecule has 412 valence electrons. The fraction of sp³-hybridized carbons (Fsp3) is 0.463. The number of benzene rings is 2. The van der Waals surface area contributed by atoms with Crippen molar-refractivity contribution >= 4 is 79.2 Å². The van der Waals surface area contributed by atoms with E-state index in [0.717, 1.165) is 40.1 Å². The summed E-state index contributed by atoms with van der Waals surface area (Å²) in [6.45, 7) is -0.00108. The van der Waals surface area contributed by atoms with Crippen LogP contribution in [0.15, 0.2) is 66.1 Å². The second kappa shape index (κ2) is 26.5. The Morgan fingerprint density at radius 3 is 2.23 bits per heavy atom. The lowest BCUT2D eigenvalue weighted by Crippen LogP contribution is -2.46. The van der Waals surface area contributed by atoms with Crippen molar-refractivity contribution in [1.82, 2.24) is 34.9 Å². The first kappa shape index (κ1) is 61.1. The number of nitrogen functional groups attached to an aromatic ring is 1. The highest BCUT2D eigenvalue weighted by atomic mass is 32.2. The molecule has 0 aliphatic carbocycles. The van der Waals surface area contributed by atoms with Crippen molar-refractivity contribution in [3.8, 4) is 28.7 Å². The first-order chi connectivity index (χ1) is 35.2. The number of aromatic nitrogens is 4. The van der Waals surface area contributed by atoms with Gasteiger partial charge in [0.15, 0.2) is 17.7 Å². The number of rotatable bonds is 27. The van der Waals surface area contributed by atoms with Crippen LogP contribution in [0.4, 0.5) is 5.82 Å². The van der Waals surface area contributed by atoms with Gasteiger partial charge < -0.3 is 60.4 Å². The number of carbonyl (C=O) groups is 3. The molecule has 1 aliphatic rings. The number of fused-ring (bicyclic) bond motifs is 1. The largest absolute Gasteiger partial charge is 0.497 e. The number of aliphatic hydroxyl groups is 2. The smallest absolute Gasteiger partial charge is 0.481 e. The van der Waals surface area contributed by atoms with Crippen LogP contribution in [0, 0.1) is 17.3 Å². The van der Waals surface area contributed by atoms with Crippen LogP contribution >= 0.6 is 35.2 Å². The molecule has 75 heavy (non-hydrogen) atoms. The number of anilines is 1. The van der Waals surface area contributed by atoms with Crippen molar-refractivity contribution in [2.24, 2.45) is 5.41 Å². The average molecular weight is 1150 g/mol. The van der Waals surface area contributed by atoms with Gasteiger partial charge in [-0.1, -0.05) is 61.7 Å². The minimum Gasteiger partial charge on any atom is -0.497 e. The lowest BCUT2D eigenvalue weighted by atomic mass is 9.87. The predicted molar refractivity (Wildman–Crippen MR) is 264 cm³/mol. The normalized spacial score (nSPS) is 19.5. The van der Waals surface area contributed by atoms with Crippen molar-refractivity contribution < 1.29 is 98.4 Å². The van der Waals surface area contributed by atoms with Crippen molar-refractivity contribution in [1.29, 1.82) is 0 Å². The molecule has 1 fully saturated rings. The maximum Gasteiger partial charge on any atom is 0.481 e. The van der Waals surface area contributed by atoms with Crippen LogP contribution in [0.25, 0.3) is 22.3 Å². The fourth-order valence-electron chi connectivity index (χ4n) is 6.72. The third kappa shape index (κ3) is 17.9. The summed E-state index contributed by atoms with van der Waals surface area (Å²) in [7, 11) is -17.8. The van der Waals surface area contributed by atoms with E-state index in [2.05, 4.69) is 51.0 Å². The first-order valence-electron chi connectivity index (χ1n) is 21.9. The van der Waals surface area contributed by atoms with Gasteiger partial charge in [-0.2, -0.15) is 9.03 Å². The van der Waals surface area contributed by atoms with Crippen LogP contribution in [0.2, 0.25) is 0 Å². The number of carbonyl (C=O) groups excluding carboxylic acids is 3. The Morgan fingerprint density at radius 1 is 0.933 bits per heavy atom. The molecule has 4 aromatic rings. The molecule has 2 aromatic heterocycles. The van der Waals surface area contributed by atoms with Gasteiger partial charge in [0.2, 0.25) is 27.0 Å². The van der Waals surface area contributed by atoms with E-state index in [0.29, 0.717) is 5.75 Å². The van der Waals surface area contributed by atoms with Gasteiger partial charge in [-0.15, -0.1) is 0 Å². The zero-order valence-electron chi connectivity index (χ0n) is 40.2. The van der Waals surface area contributed by atoms with E-state index in [-0.39, 0.29) is 60.2 Å². The van der Waals surface area contributed by atoms with E-state index >= 15 is 0 Å². The van der Waals surface area contributed by atoms with Gasteiger partial charge in [0.05, 0.1) is 31.5 Å². The summed E-state index contributed by atoms with van der Waals surface area (Å²) in [6, 6.07) is 12.0. The van der Waals surface area contributed by atoms with Crippen molar-refractivity contribution in [3.63, 3.8) is 0 Å². The summed E-state index contributed by atoms with van der Waals surface area (Å²) in [4.78, 5) is 89.8. The molecular weight excluding hydrogens is 1100 g/mol. The molecule has 11 N–H and O–H groups in total. The molecule has 5 rings (SSSR count). The molecule has 29 nitrogen and oxygen atoms in total. The van der Waals surface area contributed by atoms with Gasteiger partial charge in [0.1, 0.15) is 54.7 Å². The van der Waals surface area contributed by atoms with Gasteiger partial charge in [-0.05, 0) is 35.4 Å². The number of hydrogen-bond acceptors (Lipinski definition) is 22. The van der Waals surface area contributed by atoms with E-state index in [1.54, 1.807) is 31.4 Å². The fourth-order valence-corrected chi connectivity index (χ4v) is 11.6. The Kier molecular flexibility index (Phi) is 21.6. The minimum atomic E-state index is -5.63. The van der Waals surface area contributed by atoms with Crippen molar-refractivity contribution in [2.75, 3.05) is 58.6 Å². The standard InChI is InChI=1S/C41H55N8O21P3S2/c1-41(2,22-67-73(60,61)70-72(58,59)66-21-30-34(69-71(55,56)57)33(51)39(68-30)49-24-47-32-36(42)45-23-46-37(32)49)35(52)38(53)44-17-16-31(50)43-18-20-74-40(54)29(7-5-6-19-64-3)48-75(62,63)28-14-10-26(11-15-28)25-8-12-27(65-4)13-9-25/h8-15,23-24,29-30,33-35,39,48,51-52H,7,16-22H2,1-4H3,(H,43,50)(H,44,53)(H,58,59)(H,60,61)(H2,42,45,46)(H2,55,56,57). The Morgan fingerprint density at radius 2 is 1.59 bits per heavy atom. The van der Waals surface area contributed by atoms with Crippen LogP contribution in [0.5, 0.6) is 5.75 Å². The number of methoxy groups -OCH3 is 2. The molecule has 8 unspecified atom stereocenters. The molecule has 2 amide bonds. The van der Waals surface area contributed by atoms with E-state index < -0.39 is 106 Å². The molecule has 3 heterocycles. The second-order valence-electron chi connectivity index (χ2n) is 16.7. The monoisotopic (exact) mass is 1150 g/mol. The lowest BCUT2D eigenvalue weighted by Gasteiger charge is -2.30. The highest BCUT2D eigenvalue weighted by Gasteiger charge is 2.50. The number of phosphoric acid groups is 3. The molecule has 34 heteroatoms. The number of nitrogens with zero attached hydrogens (tertiary/aromatic N) is 4. The number of imidazole rings is 1. The van der Waals surface area contributed by atoms with Gasteiger partial charge in [-0.25, -0.2) is 37.1 Å². The maximum absolute atomic E-state index is 13.4. The van der Waals surface area contributed by atoms with Crippen LogP contribution in [-0.4, -0.2) is 158 Å². The van der Waals surface area contributed by atoms with Gasteiger partial charge >= 0.3 is 23.5 Å². The zero-order chi connectivity index (χ0) is 55.4. The third-order valence-electron chi connectivity index (χ3n) is 10.6. The molecule has 8 atom stereocenters. The molecule has 0 radical (unpaired) electrons. The number of phosphoric ester groups is 3. The summed E-state index contributed by atoms with van der Waals surface area (Å²) < 4.78 is 102. The number of thioether (sulfide) groups is 1. The summed E-state index contributed by atoms with van der Waals surface area (Å²) in [5, 5.41) is 26.0. The molecule has 1 aliphatic heterocycles. The average Bonchev–Trinajstić information content (AvgIpc) is 3.91. The van der Waals surface area contributed by atoms with Crippen LogP contribution in [0.3, 0.4) is 0 Å². The van der Waals surface area contributed by atoms with Crippen LogP contribution in [0.1, 0.15) is 32.9 Å². The number of nitrogens with one attached hydrogen (secondary N) is 3. The number of aliphatic hydroxyl groups excluding tert-OH is 2. The molecule has 2 aromatic carbocycles. The topological polar surface area (TPSA) is 428 Å². The third-order valence-corrected chi connectivity index (χ3v) is 16.1. The zero-order valence-corrected chi connectivity index (χ0v) is 44.5. The number of ether oxygens (including phenoxy) is 3. The van der Waals surface area contributed by atoms with E-state index in [1.807, 2.05) is 12.1 Å². The molecule has 0 bridgehead atoms. The number of hydrogen-bond donors (Lipinski definition) is 10. The molecule has 0 spiro atoms. The SMILES string of the molecule is COCC#CCC(NS(=O)(=O)c1ccc(-c2ccc(OC)cc2)cc1)C(=O)SCCNC(=O)CCNC(=O)C(O)C(C)(C)COP(=O)(O)OP(=O)(O)OCC1OC(n2cnc3c(N)ncnc32)C(O)C1OP(=O)(O)O. The van der Waals surface area contributed by atoms with Crippen molar-refractivity contribution in [2.45, 2.75) is 68.3 Å².